The van der Waals surface area contributed by atoms with Crippen molar-refractivity contribution in [2.45, 2.75) is 49.7 Å². The third kappa shape index (κ3) is 5.60. The number of anilines is 2. The number of nitrogens with zero attached hydrogens (tertiary/aromatic N) is 5. The van der Waals surface area contributed by atoms with Crippen LogP contribution < -0.4 is 19.3 Å². The number of alkyl halides is 2. The van der Waals surface area contributed by atoms with Gasteiger partial charge in [-0.15, -0.1) is 0 Å². The van der Waals surface area contributed by atoms with E-state index in [1.165, 1.54) is 18.3 Å². The molecule has 2 aromatic rings. The fraction of sp³-hybridized carbons (Fsp3) is 0.545. The molecule has 184 valence electrons. The van der Waals surface area contributed by atoms with Crippen LogP contribution in [0.3, 0.4) is 0 Å². The van der Waals surface area contributed by atoms with E-state index in [1.807, 2.05) is 18.7 Å². The number of rotatable bonds is 9. The maximum atomic E-state index is 12.9. The first-order chi connectivity index (χ1) is 16.1. The number of halogens is 2. The number of ether oxygens (including phenoxy) is 2. The summed E-state index contributed by atoms with van der Waals surface area (Å²) in [7, 11) is -0.868. The first kappa shape index (κ1) is 24.2. The summed E-state index contributed by atoms with van der Waals surface area (Å²) in [5.74, 6) is -2.24. The molecule has 34 heavy (non-hydrogen) atoms. The minimum absolute atomic E-state index is 0.0504. The zero-order chi connectivity index (χ0) is 24.5. The second-order valence-electron chi connectivity index (χ2n) is 8.72. The Morgan fingerprint density at radius 1 is 1.18 bits per heavy atom. The molecule has 0 spiro atoms. The zero-order valence-corrected chi connectivity index (χ0v) is 20.0. The van der Waals surface area contributed by atoms with Gasteiger partial charge in [-0.2, -0.15) is 0 Å². The van der Waals surface area contributed by atoms with Crippen LogP contribution in [0.25, 0.3) is 0 Å². The Kier molecular flexibility index (Phi) is 6.96. The van der Waals surface area contributed by atoms with Gasteiger partial charge >= 0.3 is 0 Å². The topological polar surface area (TPSA) is 97.8 Å². The summed E-state index contributed by atoms with van der Waals surface area (Å²) >= 11 is 0. The Morgan fingerprint density at radius 2 is 1.88 bits per heavy atom. The fourth-order valence-electron chi connectivity index (χ4n) is 3.66. The number of hydrogen-bond acceptors (Lipinski definition) is 8. The van der Waals surface area contributed by atoms with Gasteiger partial charge in [0.1, 0.15) is 5.75 Å². The lowest BCUT2D eigenvalue weighted by Gasteiger charge is -2.39. The van der Waals surface area contributed by atoms with Crippen molar-refractivity contribution >= 4 is 28.3 Å². The smallest absolute Gasteiger partial charge is 0.278 e. The Bertz CT molecular complexity index is 1030. The van der Waals surface area contributed by atoms with E-state index in [0.717, 1.165) is 6.92 Å². The largest absolute Gasteiger partial charge is 0.479 e. The molecule has 0 bridgehead atoms. The van der Waals surface area contributed by atoms with Crippen molar-refractivity contribution in [2.75, 3.05) is 36.0 Å². The molecule has 9 nitrogen and oxygen atoms in total. The lowest BCUT2D eigenvalue weighted by atomic mass is 10.2. The van der Waals surface area contributed by atoms with E-state index in [2.05, 4.69) is 15.0 Å². The van der Waals surface area contributed by atoms with Crippen LogP contribution in [0, 0.1) is 0 Å². The molecule has 1 amide bonds. The van der Waals surface area contributed by atoms with Crippen molar-refractivity contribution in [3.63, 3.8) is 0 Å². The summed E-state index contributed by atoms with van der Waals surface area (Å²) in [4.78, 5) is 29.1. The molecule has 2 aliphatic heterocycles. The number of carbonyl (C=O) groups excluding carboxylic acids is 1. The number of hydrogen-bond donors (Lipinski definition) is 0. The molecule has 1 unspecified atom stereocenters. The Balaban J connectivity index is 1.30. The van der Waals surface area contributed by atoms with E-state index < -0.39 is 29.4 Å². The summed E-state index contributed by atoms with van der Waals surface area (Å²) in [6.07, 6.45) is 4.31. The fourth-order valence-corrected chi connectivity index (χ4v) is 5.08. The highest BCUT2D eigenvalue weighted by atomic mass is 32.2. The van der Waals surface area contributed by atoms with Gasteiger partial charge in [-0.1, -0.05) is 13.8 Å². The maximum absolute atomic E-state index is 12.9. The minimum Gasteiger partial charge on any atom is -0.479 e. The number of carbonyl (C=O) groups is 1. The second kappa shape index (κ2) is 9.77. The van der Waals surface area contributed by atoms with Gasteiger partial charge in [0.15, 0.2) is 12.7 Å². The molecule has 12 heteroatoms. The Hall–Kier alpha value is -2.89. The third-order valence-corrected chi connectivity index (χ3v) is 7.36. The van der Waals surface area contributed by atoms with Crippen LogP contribution in [-0.2, 0) is 15.6 Å². The van der Waals surface area contributed by atoms with Crippen LogP contribution in [-0.4, -0.2) is 73.8 Å². The molecular weight excluding hydrogens is 468 g/mol. The molecular formula is C22H27F2N5O4S. The van der Waals surface area contributed by atoms with Gasteiger partial charge in [0.05, 0.1) is 29.5 Å². The van der Waals surface area contributed by atoms with Gasteiger partial charge in [0.25, 0.3) is 11.8 Å². The van der Waals surface area contributed by atoms with Gasteiger partial charge in [-0.25, -0.2) is 23.7 Å². The van der Waals surface area contributed by atoms with Crippen molar-refractivity contribution in [2.24, 2.45) is 0 Å². The van der Waals surface area contributed by atoms with E-state index in [4.69, 9.17) is 9.47 Å². The summed E-state index contributed by atoms with van der Waals surface area (Å²) < 4.78 is 48.6. The maximum Gasteiger partial charge on any atom is 0.278 e. The predicted molar refractivity (Wildman–Crippen MR) is 123 cm³/mol. The molecule has 0 saturated carbocycles. The lowest BCUT2D eigenvalue weighted by Crippen LogP contribution is -2.54. The van der Waals surface area contributed by atoms with Gasteiger partial charge in [0, 0.05) is 55.1 Å². The predicted octanol–water partition coefficient (Wildman–Crippen LogP) is 2.44. The summed E-state index contributed by atoms with van der Waals surface area (Å²) in [6.45, 7) is 5.65. The summed E-state index contributed by atoms with van der Waals surface area (Å²) in [6, 6.07) is 2.94. The minimum atomic E-state index is -2.95. The van der Waals surface area contributed by atoms with Crippen LogP contribution in [0.2, 0.25) is 0 Å². The molecule has 0 aliphatic carbocycles. The van der Waals surface area contributed by atoms with E-state index in [0.29, 0.717) is 43.4 Å². The van der Waals surface area contributed by atoms with Crippen molar-refractivity contribution < 1.29 is 27.3 Å². The first-order valence-corrected chi connectivity index (χ1v) is 12.3. The highest BCUT2D eigenvalue weighted by Crippen LogP contribution is 2.27. The lowest BCUT2D eigenvalue weighted by molar-refractivity contribution is -0.122. The van der Waals surface area contributed by atoms with E-state index in [9.17, 15) is 17.8 Å². The number of pyridine rings is 1. The quantitative estimate of drug-likeness (QED) is 0.523. The van der Waals surface area contributed by atoms with Crippen LogP contribution >= 0.6 is 0 Å². The molecule has 2 atom stereocenters. The Labute approximate surface area is 198 Å². The number of aromatic nitrogens is 3. The Morgan fingerprint density at radius 3 is 2.47 bits per heavy atom. The van der Waals surface area contributed by atoms with Crippen molar-refractivity contribution in [1.82, 2.24) is 15.0 Å². The van der Waals surface area contributed by atoms with Gasteiger partial charge in [-0.3, -0.25) is 9.00 Å². The SMILES string of the molecule is CC(C)S(=O)C1CN(c2ncc(N3CC[C@@H](Oc4ccc(OCC(C)(F)F)nc4)C3=O)cn2)C1. The molecule has 4 rings (SSSR count). The second-order valence-corrected chi connectivity index (χ2v) is 11.0. The normalized spacial score (nSPS) is 19.9. The van der Waals surface area contributed by atoms with Crippen LogP contribution in [0.1, 0.15) is 27.2 Å². The number of amides is 1. The standard InChI is InChI=1S/C22H27F2N5O4S/c1-14(2)34(31)17-11-28(12-17)21-26-8-15(9-27-21)29-7-6-18(20(29)30)33-16-4-5-19(25-10-16)32-13-22(3,23)24/h4-5,8-10,14,17-18H,6-7,11-13H2,1-3H3/t18-,34?/m1/s1. The molecule has 0 radical (unpaired) electrons. The molecule has 0 aromatic carbocycles. The molecule has 0 N–H and O–H groups in total. The molecule has 2 aromatic heterocycles. The van der Waals surface area contributed by atoms with E-state index in [-0.39, 0.29) is 22.3 Å². The van der Waals surface area contributed by atoms with Crippen LogP contribution in [0.5, 0.6) is 11.6 Å². The molecule has 2 fully saturated rings. The summed E-state index contributed by atoms with van der Waals surface area (Å²) in [5.41, 5.74) is 0.574. The van der Waals surface area contributed by atoms with Crippen molar-refractivity contribution in [1.29, 1.82) is 0 Å². The summed E-state index contributed by atoms with van der Waals surface area (Å²) in [5, 5.41) is 0.256. The monoisotopic (exact) mass is 495 g/mol. The van der Waals surface area contributed by atoms with Gasteiger partial charge in [0.2, 0.25) is 11.8 Å². The highest BCUT2D eigenvalue weighted by molar-refractivity contribution is 7.86. The van der Waals surface area contributed by atoms with Crippen LogP contribution in [0.15, 0.2) is 30.7 Å². The van der Waals surface area contributed by atoms with E-state index >= 15 is 0 Å². The van der Waals surface area contributed by atoms with Crippen molar-refractivity contribution in [3.8, 4) is 11.6 Å². The van der Waals surface area contributed by atoms with Crippen molar-refractivity contribution in [3.05, 3.63) is 30.7 Å². The third-order valence-electron chi connectivity index (χ3n) is 5.48. The van der Waals surface area contributed by atoms with Crippen LogP contribution in [0.4, 0.5) is 20.4 Å². The van der Waals surface area contributed by atoms with Gasteiger partial charge < -0.3 is 19.3 Å². The average Bonchev–Trinajstić information content (AvgIpc) is 3.12. The van der Waals surface area contributed by atoms with E-state index in [1.54, 1.807) is 17.3 Å². The highest BCUT2D eigenvalue weighted by Gasteiger charge is 2.36. The molecule has 2 aliphatic rings. The molecule has 4 heterocycles. The zero-order valence-electron chi connectivity index (χ0n) is 19.2. The average molecular weight is 496 g/mol. The molecule has 2 saturated heterocycles. The first-order valence-electron chi connectivity index (χ1n) is 11.0. The van der Waals surface area contributed by atoms with Gasteiger partial charge in [-0.05, 0) is 6.07 Å².